The van der Waals surface area contributed by atoms with Crippen molar-refractivity contribution in [3.05, 3.63) is 111 Å². The maximum absolute atomic E-state index is 14.3. The summed E-state index contributed by atoms with van der Waals surface area (Å²) < 4.78 is 8.84. The number of hydrogen-bond acceptors (Lipinski definition) is 6. The third-order valence-electron chi connectivity index (χ3n) is 8.58. The van der Waals surface area contributed by atoms with Gasteiger partial charge >= 0.3 is 0 Å². The van der Waals surface area contributed by atoms with Crippen molar-refractivity contribution in [3.63, 3.8) is 0 Å². The first-order valence-corrected chi connectivity index (χ1v) is 15.1. The molecule has 2 aliphatic heterocycles. The minimum Gasteiger partial charge on any atom is -0.379 e. The Morgan fingerprint density at radius 3 is 2.61 bits per heavy atom. The monoisotopic (exact) mass is 590 g/mol. The number of benzene rings is 2. The van der Waals surface area contributed by atoms with Crippen molar-refractivity contribution in [3.8, 4) is 0 Å². The molecule has 0 saturated carbocycles. The quantitative estimate of drug-likeness (QED) is 0.370. The molecule has 0 spiro atoms. The highest BCUT2D eigenvalue weighted by atomic mass is 16.5. The molecular formula is C34H34N6O4. The second kappa shape index (κ2) is 11.4. The number of hydrogen-bond donors (Lipinski definition) is 1. The van der Waals surface area contributed by atoms with Crippen LogP contribution in [0.25, 0.3) is 22.2 Å². The number of amides is 2. The van der Waals surface area contributed by atoms with Crippen molar-refractivity contribution in [2.24, 2.45) is 0 Å². The highest BCUT2D eigenvalue weighted by molar-refractivity contribution is 6.26. The van der Waals surface area contributed by atoms with E-state index in [2.05, 4.69) is 20.9 Å². The van der Waals surface area contributed by atoms with Crippen molar-refractivity contribution in [1.82, 2.24) is 24.4 Å². The first-order valence-electron chi connectivity index (χ1n) is 15.1. The van der Waals surface area contributed by atoms with Gasteiger partial charge in [0.2, 0.25) is 0 Å². The molecule has 4 heterocycles. The predicted octanol–water partition coefficient (Wildman–Crippen LogP) is 3.23. The molecule has 2 aromatic carbocycles. The third-order valence-corrected chi connectivity index (χ3v) is 8.58. The summed E-state index contributed by atoms with van der Waals surface area (Å²) in [6.07, 6.45) is 5.30. The summed E-state index contributed by atoms with van der Waals surface area (Å²) >= 11 is 0. The summed E-state index contributed by atoms with van der Waals surface area (Å²) in [6.45, 7) is 8.12. The van der Waals surface area contributed by atoms with Gasteiger partial charge in [0.05, 0.1) is 47.3 Å². The van der Waals surface area contributed by atoms with Gasteiger partial charge in [0, 0.05) is 43.0 Å². The lowest BCUT2D eigenvalue weighted by Crippen LogP contribution is -2.44. The molecule has 2 aromatic heterocycles. The second-order valence-electron chi connectivity index (χ2n) is 11.4. The van der Waals surface area contributed by atoms with Crippen LogP contribution in [0.15, 0.2) is 71.7 Å². The Kier molecular flexibility index (Phi) is 7.23. The van der Waals surface area contributed by atoms with Gasteiger partial charge in [-0.25, -0.2) is 9.99 Å². The van der Waals surface area contributed by atoms with Gasteiger partial charge in [0.15, 0.2) is 0 Å². The lowest BCUT2D eigenvalue weighted by molar-refractivity contribution is -0.114. The van der Waals surface area contributed by atoms with Gasteiger partial charge in [-0.15, -0.1) is 0 Å². The first-order chi connectivity index (χ1) is 21.4. The van der Waals surface area contributed by atoms with Crippen LogP contribution in [0.2, 0.25) is 0 Å². The van der Waals surface area contributed by atoms with Crippen molar-refractivity contribution in [2.45, 2.75) is 26.7 Å². The van der Waals surface area contributed by atoms with E-state index in [1.54, 1.807) is 31.3 Å². The molecule has 10 heteroatoms. The topological polar surface area (TPSA) is 102 Å². The van der Waals surface area contributed by atoms with Crippen LogP contribution < -0.4 is 15.9 Å². The van der Waals surface area contributed by atoms with Gasteiger partial charge in [0.25, 0.3) is 17.4 Å². The Bertz CT molecular complexity index is 1910. The van der Waals surface area contributed by atoms with Gasteiger partial charge in [-0.1, -0.05) is 36.4 Å². The number of rotatable bonds is 6. The van der Waals surface area contributed by atoms with Crippen LogP contribution in [-0.4, -0.2) is 70.3 Å². The van der Waals surface area contributed by atoms with Crippen LogP contribution in [-0.2, 0) is 16.0 Å². The molecule has 0 bridgehead atoms. The zero-order valence-electron chi connectivity index (χ0n) is 24.9. The number of nitrogens with one attached hydrogen (secondary N) is 1. The van der Waals surface area contributed by atoms with Crippen molar-refractivity contribution >= 4 is 34.0 Å². The summed E-state index contributed by atoms with van der Waals surface area (Å²) in [4.78, 5) is 48.3. The molecule has 1 aliphatic carbocycles. The SMILES string of the molecule is Cc1cc2c3n1C(c1ccccc1)=CN(n1c(C)nc4cc(C(=O)NCCN5CCOCC5)ccc4c1=O)C(=O)C3=CCC2. The van der Waals surface area contributed by atoms with Gasteiger partial charge in [-0.3, -0.25) is 19.3 Å². The molecule has 1 fully saturated rings. The van der Waals surface area contributed by atoms with Crippen LogP contribution in [0.1, 0.15) is 45.1 Å². The molecule has 4 aromatic rings. The summed E-state index contributed by atoms with van der Waals surface area (Å²) in [5.74, 6) is -0.178. The summed E-state index contributed by atoms with van der Waals surface area (Å²) in [5, 5.41) is 4.68. The molecular weight excluding hydrogens is 556 g/mol. The van der Waals surface area contributed by atoms with Gasteiger partial charge < -0.3 is 14.6 Å². The smallest absolute Gasteiger partial charge is 0.280 e. The lowest BCUT2D eigenvalue weighted by atomic mass is 9.96. The summed E-state index contributed by atoms with van der Waals surface area (Å²) in [5.41, 5.74) is 5.73. The molecule has 3 aliphatic rings. The largest absolute Gasteiger partial charge is 0.379 e. The number of carbonyl (C=O) groups excluding carboxylic acids is 2. The van der Waals surface area contributed by atoms with Crippen molar-refractivity contribution in [2.75, 3.05) is 44.4 Å². The third kappa shape index (κ3) is 4.86. The van der Waals surface area contributed by atoms with Crippen LogP contribution in [0.4, 0.5) is 0 Å². The fourth-order valence-corrected chi connectivity index (χ4v) is 6.41. The van der Waals surface area contributed by atoms with E-state index in [1.165, 1.54) is 9.69 Å². The van der Waals surface area contributed by atoms with Crippen LogP contribution in [0.3, 0.4) is 0 Å². The van der Waals surface area contributed by atoms with Crippen LogP contribution in [0, 0.1) is 13.8 Å². The number of aryl methyl sites for hydroxylation is 3. The highest BCUT2D eigenvalue weighted by Gasteiger charge is 2.34. The van der Waals surface area contributed by atoms with E-state index in [4.69, 9.17) is 9.72 Å². The fourth-order valence-electron chi connectivity index (χ4n) is 6.41. The van der Waals surface area contributed by atoms with Gasteiger partial charge in [-0.05, 0) is 56.5 Å². The molecule has 2 amide bonds. The van der Waals surface area contributed by atoms with Crippen LogP contribution >= 0.6 is 0 Å². The summed E-state index contributed by atoms with van der Waals surface area (Å²) in [7, 11) is 0. The first kappa shape index (κ1) is 28.0. The van der Waals surface area contributed by atoms with Crippen LogP contribution in [0.5, 0.6) is 0 Å². The average Bonchev–Trinajstić information content (AvgIpc) is 3.31. The molecule has 1 saturated heterocycles. The number of carbonyl (C=O) groups is 2. The number of nitrogens with zero attached hydrogens (tertiary/aromatic N) is 5. The minimum atomic E-state index is -0.385. The Morgan fingerprint density at radius 2 is 1.82 bits per heavy atom. The number of ether oxygens (including phenoxy) is 1. The molecule has 0 atom stereocenters. The van der Waals surface area contributed by atoms with Gasteiger partial charge in [-0.2, -0.15) is 4.68 Å². The highest BCUT2D eigenvalue weighted by Crippen LogP contribution is 2.37. The molecule has 224 valence electrons. The van der Waals surface area contributed by atoms with E-state index in [0.29, 0.717) is 47.6 Å². The predicted molar refractivity (Wildman–Crippen MR) is 169 cm³/mol. The number of morpholine rings is 1. The molecule has 0 radical (unpaired) electrons. The van der Waals surface area contributed by atoms with E-state index in [-0.39, 0.29) is 17.4 Å². The summed E-state index contributed by atoms with van der Waals surface area (Å²) in [6, 6.07) is 16.9. The van der Waals surface area contributed by atoms with E-state index >= 15 is 0 Å². The van der Waals surface area contributed by atoms with E-state index in [0.717, 1.165) is 60.7 Å². The zero-order chi connectivity index (χ0) is 30.4. The fraction of sp³-hybridized carbons (Fsp3) is 0.294. The van der Waals surface area contributed by atoms with E-state index in [1.807, 2.05) is 43.3 Å². The normalized spacial score (nSPS) is 16.8. The Morgan fingerprint density at radius 1 is 1.02 bits per heavy atom. The number of allylic oxidation sites excluding steroid dienone is 1. The van der Waals surface area contributed by atoms with Gasteiger partial charge in [0.1, 0.15) is 5.82 Å². The average molecular weight is 591 g/mol. The standard InChI is InChI=1S/C34H34N6O4/c1-22-19-25-9-6-10-28-31(25)39(22)30(24-7-4-3-5-8-24)21-38(33(28)42)40-23(2)36-29-20-26(11-12-27(29)34(40)43)32(41)35-13-14-37-15-17-44-18-16-37/h3-5,7-8,10-12,19-21H,6,9,13-18H2,1-2H3,(H,35,41). The molecule has 1 N–H and O–H groups in total. The maximum Gasteiger partial charge on any atom is 0.280 e. The molecule has 44 heavy (non-hydrogen) atoms. The zero-order valence-corrected chi connectivity index (χ0v) is 24.9. The minimum absolute atomic E-state index is 0.223. The van der Waals surface area contributed by atoms with Crippen molar-refractivity contribution in [1.29, 1.82) is 0 Å². The molecule has 0 unspecified atom stereocenters. The number of fused-ring (bicyclic) bond motifs is 1. The second-order valence-corrected chi connectivity index (χ2v) is 11.4. The lowest BCUT2D eigenvalue weighted by Gasteiger charge is -2.26. The van der Waals surface area contributed by atoms with E-state index < -0.39 is 0 Å². The maximum atomic E-state index is 14.3. The Labute approximate surface area is 254 Å². The van der Waals surface area contributed by atoms with E-state index in [9.17, 15) is 14.4 Å². The van der Waals surface area contributed by atoms with Crippen molar-refractivity contribution < 1.29 is 14.3 Å². The molecule has 7 rings (SSSR count). The Balaban J connectivity index is 1.27. The Hall–Kier alpha value is -4.80. The number of aromatic nitrogens is 3. The molecule has 10 nitrogen and oxygen atoms in total.